The molecular formula is C13H28N2O. The van der Waals surface area contributed by atoms with E-state index in [4.69, 9.17) is 4.74 Å². The van der Waals surface area contributed by atoms with Gasteiger partial charge >= 0.3 is 0 Å². The Hall–Kier alpha value is -0.120. The van der Waals surface area contributed by atoms with E-state index >= 15 is 0 Å². The predicted molar refractivity (Wildman–Crippen MR) is 68.8 cm³/mol. The van der Waals surface area contributed by atoms with Gasteiger partial charge in [-0.2, -0.15) is 0 Å². The zero-order valence-corrected chi connectivity index (χ0v) is 11.3. The second kappa shape index (κ2) is 7.25. The third-order valence-electron chi connectivity index (χ3n) is 3.95. The molecule has 1 N–H and O–H groups in total. The van der Waals surface area contributed by atoms with Crippen molar-refractivity contribution >= 4 is 0 Å². The number of rotatable bonds is 7. The molecular weight excluding hydrogens is 200 g/mol. The van der Waals surface area contributed by atoms with Crippen molar-refractivity contribution in [1.29, 1.82) is 0 Å². The van der Waals surface area contributed by atoms with Gasteiger partial charge in [0.25, 0.3) is 0 Å². The molecule has 2 unspecified atom stereocenters. The van der Waals surface area contributed by atoms with E-state index in [0.29, 0.717) is 6.04 Å². The Morgan fingerprint density at radius 1 is 1.31 bits per heavy atom. The third kappa shape index (κ3) is 4.40. The van der Waals surface area contributed by atoms with Gasteiger partial charge in [0.1, 0.15) is 0 Å². The first kappa shape index (κ1) is 13.9. The van der Waals surface area contributed by atoms with Gasteiger partial charge in [-0.05, 0) is 33.7 Å². The van der Waals surface area contributed by atoms with Crippen LogP contribution in [0.1, 0.15) is 39.5 Å². The summed E-state index contributed by atoms with van der Waals surface area (Å²) in [7, 11) is 4.02. The van der Waals surface area contributed by atoms with Crippen LogP contribution in [0.25, 0.3) is 0 Å². The Labute approximate surface area is 101 Å². The van der Waals surface area contributed by atoms with Crippen LogP contribution in [0.15, 0.2) is 0 Å². The summed E-state index contributed by atoms with van der Waals surface area (Å²) in [6, 6.07) is 1.26. The molecule has 1 rings (SSSR count). The standard InChI is InChI=1S/C13H28N2O/c1-11(12(2)16-4)14-9-10-15(3)13-7-5-6-8-13/h11-14H,5-10H2,1-4H3. The summed E-state index contributed by atoms with van der Waals surface area (Å²) in [6.45, 7) is 6.50. The van der Waals surface area contributed by atoms with Crippen LogP contribution in [-0.4, -0.2) is 50.3 Å². The van der Waals surface area contributed by atoms with Crippen molar-refractivity contribution in [3.05, 3.63) is 0 Å². The minimum Gasteiger partial charge on any atom is -0.380 e. The Morgan fingerprint density at radius 2 is 1.94 bits per heavy atom. The quantitative estimate of drug-likeness (QED) is 0.720. The molecule has 3 heteroatoms. The van der Waals surface area contributed by atoms with Gasteiger partial charge < -0.3 is 15.0 Å². The average Bonchev–Trinajstić information content (AvgIpc) is 2.81. The Bertz CT molecular complexity index is 181. The molecule has 1 aliphatic carbocycles. The topological polar surface area (TPSA) is 24.5 Å². The first-order valence-corrected chi connectivity index (χ1v) is 6.61. The summed E-state index contributed by atoms with van der Waals surface area (Å²) >= 11 is 0. The highest BCUT2D eigenvalue weighted by molar-refractivity contribution is 4.76. The summed E-state index contributed by atoms with van der Waals surface area (Å²) in [5.74, 6) is 0. The highest BCUT2D eigenvalue weighted by Crippen LogP contribution is 2.21. The maximum absolute atomic E-state index is 5.29. The molecule has 0 saturated heterocycles. The predicted octanol–water partition coefficient (Wildman–Crippen LogP) is 1.87. The van der Waals surface area contributed by atoms with E-state index in [2.05, 4.69) is 31.1 Å². The second-order valence-electron chi connectivity index (χ2n) is 5.10. The average molecular weight is 228 g/mol. The van der Waals surface area contributed by atoms with E-state index in [0.717, 1.165) is 19.1 Å². The molecule has 1 saturated carbocycles. The van der Waals surface area contributed by atoms with Crippen LogP contribution in [0.5, 0.6) is 0 Å². The molecule has 16 heavy (non-hydrogen) atoms. The minimum absolute atomic E-state index is 0.289. The van der Waals surface area contributed by atoms with Crippen molar-refractivity contribution in [3.63, 3.8) is 0 Å². The molecule has 0 aromatic heterocycles. The van der Waals surface area contributed by atoms with E-state index < -0.39 is 0 Å². The Balaban J connectivity index is 2.09. The van der Waals surface area contributed by atoms with Crippen LogP contribution >= 0.6 is 0 Å². The fourth-order valence-electron chi connectivity index (χ4n) is 2.37. The fourth-order valence-corrected chi connectivity index (χ4v) is 2.37. The van der Waals surface area contributed by atoms with Crippen molar-refractivity contribution in [2.45, 2.75) is 57.7 Å². The molecule has 0 aromatic rings. The summed E-state index contributed by atoms with van der Waals surface area (Å²) in [5, 5.41) is 3.52. The normalized spacial score (nSPS) is 21.6. The fraction of sp³-hybridized carbons (Fsp3) is 1.00. The van der Waals surface area contributed by atoms with Crippen molar-refractivity contribution in [3.8, 4) is 0 Å². The lowest BCUT2D eigenvalue weighted by Gasteiger charge is -2.26. The lowest BCUT2D eigenvalue weighted by Crippen LogP contribution is -2.42. The summed E-state index contributed by atoms with van der Waals surface area (Å²) in [6.07, 6.45) is 5.90. The number of ether oxygens (including phenoxy) is 1. The van der Waals surface area contributed by atoms with Crippen molar-refractivity contribution in [2.75, 3.05) is 27.2 Å². The number of likely N-dealkylation sites (N-methyl/N-ethyl adjacent to an activating group) is 1. The molecule has 0 radical (unpaired) electrons. The first-order chi connectivity index (χ1) is 7.65. The molecule has 0 bridgehead atoms. The van der Waals surface area contributed by atoms with E-state index in [1.807, 2.05) is 0 Å². The van der Waals surface area contributed by atoms with Crippen LogP contribution in [0.3, 0.4) is 0 Å². The van der Waals surface area contributed by atoms with Crippen LogP contribution in [0, 0.1) is 0 Å². The van der Waals surface area contributed by atoms with Crippen molar-refractivity contribution in [2.24, 2.45) is 0 Å². The van der Waals surface area contributed by atoms with E-state index in [1.54, 1.807) is 7.11 Å². The number of methoxy groups -OCH3 is 1. The van der Waals surface area contributed by atoms with Gasteiger partial charge in [-0.3, -0.25) is 0 Å². The molecule has 1 aliphatic rings. The van der Waals surface area contributed by atoms with Gasteiger partial charge in [-0.15, -0.1) is 0 Å². The van der Waals surface area contributed by atoms with Crippen molar-refractivity contribution < 1.29 is 4.74 Å². The molecule has 0 spiro atoms. The molecule has 0 aliphatic heterocycles. The highest BCUT2D eigenvalue weighted by atomic mass is 16.5. The van der Waals surface area contributed by atoms with Gasteiger partial charge in [0.2, 0.25) is 0 Å². The smallest absolute Gasteiger partial charge is 0.0693 e. The molecule has 3 nitrogen and oxygen atoms in total. The number of hydrogen-bond acceptors (Lipinski definition) is 3. The number of nitrogens with zero attached hydrogens (tertiary/aromatic N) is 1. The highest BCUT2D eigenvalue weighted by Gasteiger charge is 2.19. The lowest BCUT2D eigenvalue weighted by molar-refractivity contribution is 0.0873. The largest absolute Gasteiger partial charge is 0.380 e. The van der Waals surface area contributed by atoms with Gasteiger partial charge in [-0.1, -0.05) is 12.8 Å². The van der Waals surface area contributed by atoms with Crippen LogP contribution in [0.4, 0.5) is 0 Å². The zero-order chi connectivity index (χ0) is 12.0. The summed E-state index contributed by atoms with van der Waals surface area (Å²) in [5.41, 5.74) is 0. The van der Waals surface area contributed by atoms with Crippen LogP contribution < -0.4 is 5.32 Å². The van der Waals surface area contributed by atoms with E-state index in [-0.39, 0.29) is 6.10 Å². The van der Waals surface area contributed by atoms with Gasteiger partial charge in [0.15, 0.2) is 0 Å². The van der Waals surface area contributed by atoms with Gasteiger partial charge in [-0.25, -0.2) is 0 Å². The zero-order valence-electron chi connectivity index (χ0n) is 11.3. The van der Waals surface area contributed by atoms with Gasteiger partial charge in [0, 0.05) is 32.3 Å². The maximum Gasteiger partial charge on any atom is 0.0693 e. The molecule has 1 fully saturated rings. The number of nitrogens with one attached hydrogen (secondary N) is 1. The van der Waals surface area contributed by atoms with Crippen LogP contribution in [-0.2, 0) is 4.74 Å². The Kier molecular flexibility index (Phi) is 6.32. The molecule has 0 heterocycles. The number of hydrogen-bond donors (Lipinski definition) is 1. The molecule has 96 valence electrons. The van der Waals surface area contributed by atoms with Gasteiger partial charge in [0.05, 0.1) is 6.10 Å². The third-order valence-corrected chi connectivity index (χ3v) is 3.95. The lowest BCUT2D eigenvalue weighted by atomic mass is 10.2. The van der Waals surface area contributed by atoms with E-state index in [1.165, 1.54) is 25.7 Å². The SMILES string of the molecule is COC(C)C(C)NCCN(C)C1CCCC1. The minimum atomic E-state index is 0.289. The first-order valence-electron chi connectivity index (χ1n) is 6.61. The van der Waals surface area contributed by atoms with Crippen molar-refractivity contribution in [1.82, 2.24) is 10.2 Å². The summed E-state index contributed by atoms with van der Waals surface area (Å²) in [4.78, 5) is 2.50. The molecule has 0 aromatic carbocycles. The van der Waals surface area contributed by atoms with E-state index in [9.17, 15) is 0 Å². The molecule has 2 atom stereocenters. The van der Waals surface area contributed by atoms with Crippen LogP contribution in [0.2, 0.25) is 0 Å². The Morgan fingerprint density at radius 3 is 2.50 bits per heavy atom. The maximum atomic E-state index is 5.29. The summed E-state index contributed by atoms with van der Waals surface area (Å²) < 4.78 is 5.29. The monoisotopic (exact) mass is 228 g/mol. The molecule has 0 amide bonds. The second-order valence-corrected chi connectivity index (χ2v) is 5.10.